The zero-order chi connectivity index (χ0) is 13.5. The van der Waals surface area contributed by atoms with Crippen molar-refractivity contribution in [2.24, 2.45) is 0 Å². The minimum absolute atomic E-state index is 0.0110. The van der Waals surface area contributed by atoms with E-state index in [1.54, 1.807) is 12.1 Å². The molecule has 19 heavy (non-hydrogen) atoms. The maximum Gasteiger partial charge on any atom is 0.237 e. The predicted octanol–water partition coefficient (Wildman–Crippen LogP) is 1.70. The van der Waals surface area contributed by atoms with Gasteiger partial charge in [0.25, 0.3) is 0 Å². The van der Waals surface area contributed by atoms with Crippen molar-refractivity contribution < 1.29 is 17.5 Å². The highest BCUT2D eigenvalue weighted by atomic mass is 32.2. The first kappa shape index (κ1) is 12.9. The Morgan fingerprint density at radius 1 is 1.42 bits per heavy atom. The maximum absolute atomic E-state index is 13.6. The Hall–Kier alpha value is -1.14. The van der Waals surface area contributed by atoms with Crippen molar-refractivity contribution >= 4 is 15.7 Å². The van der Waals surface area contributed by atoms with E-state index < -0.39 is 10.0 Å². The summed E-state index contributed by atoms with van der Waals surface area (Å²) >= 11 is 0. The number of rotatable bonds is 3. The Balaban J connectivity index is 1.86. The van der Waals surface area contributed by atoms with Gasteiger partial charge in [-0.1, -0.05) is 6.07 Å². The molecule has 0 spiro atoms. The van der Waals surface area contributed by atoms with Crippen LogP contribution >= 0.6 is 0 Å². The Morgan fingerprint density at radius 2 is 2.26 bits per heavy atom. The van der Waals surface area contributed by atoms with Crippen molar-refractivity contribution in [3.63, 3.8) is 0 Å². The molecular weight excluding hydrogens is 269 g/mol. The summed E-state index contributed by atoms with van der Waals surface area (Å²) in [5, 5.41) is 0. The fourth-order valence-electron chi connectivity index (χ4n) is 2.75. The summed E-state index contributed by atoms with van der Waals surface area (Å²) in [6.45, 7) is 0.955. The number of ether oxygens (including phenoxy) is 1. The number of benzene rings is 1. The third-order valence-electron chi connectivity index (χ3n) is 3.68. The first-order chi connectivity index (χ1) is 9.08. The van der Waals surface area contributed by atoms with E-state index in [-0.39, 0.29) is 17.7 Å². The van der Waals surface area contributed by atoms with Gasteiger partial charge in [0.05, 0.1) is 17.5 Å². The lowest BCUT2D eigenvalue weighted by Gasteiger charge is -2.21. The molecule has 6 heteroatoms. The second-order valence-electron chi connectivity index (χ2n) is 4.97. The molecule has 1 saturated heterocycles. The second kappa shape index (κ2) is 4.76. The smallest absolute Gasteiger partial charge is 0.237 e. The highest BCUT2D eigenvalue weighted by Gasteiger charge is 2.33. The Bertz CT molecular complexity index is 582. The average molecular weight is 285 g/mol. The van der Waals surface area contributed by atoms with E-state index in [0.29, 0.717) is 30.8 Å². The lowest BCUT2D eigenvalue weighted by atomic mass is 10.1. The van der Waals surface area contributed by atoms with Gasteiger partial charge in [0.1, 0.15) is 5.82 Å². The fraction of sp³-hybridized carbons (Fsp3) is 0.538. The standard InChI is InChI=1S/C13H16FNO3S/c14-12-4-1-5-13-11(12)6-7-15(13)19(16,17)9-10-3-2-8-18-10/h1,4-5,10H,2-3,6-9H2/t10-/m0/s1. The van der Waals surface area contributed by atoms with E-state index in [1.807, 2.05) is 0 Å². The van der Waals surface area contributed by atoms with Crippen LogP contribution in [-0.4, -0.2) is 33.4 Å². The van der Waals surface area contributed by atoms with Crippen LogP contribution in [0.2, 0.25) is 0 Å². The van der Waals surface area contributed by atoms with Gasteiger partial charge in [-0.05, 0) is 31.4 Å². The first-order valence-corrected chi connectivity index (χ1v) is 8.08. The molecule has 0 radical (unpaired) electrons. The fourth-order valence-corrected chi connectivity index (χ4v) is 4.50. The van der Waals surface area contributed by atoms with Crippen LogP contribution in [0.4, 0.5) is 10.1 Å². The van der Waals surface area contributed by atoms with Crippen molar-refractivity contribution in [2.75, 3.05) is 23.2 Å². The van der Waals surface area contributed by atoms with Gasteiger partial charge < -0.3 is 4.74 Å². The van der Waals surface area contributed by atoms with Crippen LogP contribution in [0.5, 0.6) is 0 Å². The van der Waals surface area contributed by atoms with Crippen molar-refractivity contribution in [1.82, 2.24) is 0 Å². The molecule has 4 nitrogen and oxygen atoms in total. The SMILES string of the molecule is O=S(=O)(C[C@@H]1CCCO1)N1CCc2c(F)cccc21. The lowest BCUT2D eigenvalue weighted by molar-refractivity contribution is 0.127. The summed E-state index contributed by atoms with van der Waals surface area (Å²) in [6.07, 6.45) is 1.91. The summed E-state index contributed by atoms with van der Waals surface area (Å²) in [7, 11) is -3.43. The van der Waals surface area contributed by atoms with Gasteiger partial charge in [-0.2, -0.15) is 0 Å². The van der Waals surface area contributed by atoms with E-state index in [1.165, 1.54) is 10.4 Å². The summed E-state index contributed by atoms with van der Waals surface area (Å²) in [6, 6.07) is 4.58. The highest BCUT2D eigenvalue weighted by Crippen LogP contribution is 2.32. The third-order valence-corrected chi connectivity index (χ3v) is 5.53. The van der Waals surface area contributed by atoms with Crippen molar-refractivity contribution in [3.8, 4) is 0 Å². The van der Waals surface area contributed by atoms with Gasteiger partial charge in [0.2, 0.25) is 10.0 Å². The van der Waals surface area contributed by atoms with Gasteiger partial charge in [-0.25, -0.2) is 12.8 Å². The first-order valence-electron chi connectivity index (χ1n) is 6.47. The van der Waals surface area contributed by atoms with Crippen LogP contribution in [0.1, 0.15) is 18.4 Å². The molecule has 0 unspecified atom stereocenters. The molecule has 0 aliphatic carbocycles. The summed E-state index contributed by atoms with van der Waals surface area (Å²) in [5.74, 6) is -0.338. The third kappa shape index (κ3) is 2.34. The monoisotopic (exact) mass is 285 g/mol. The van der Waals surface area contributed by atoms with Crippen molar-refractivity contribution in [1.29, 1.82) is 0 Å². The highest BCUT2D eigenvalue weighted by molar-refractivity contribution is 7.92. The van der Waals surface area contributed by atoms with Gasteiger partial charge in [0, 0.05) is 18.7 Å². The van der Waals surface area contributed by atoms with Crippen molar-refractivity contribution in [3.05, 3.63) is 29.6 Å². The molecule has 2 aliphatic rings. The topological polar surface area (TPSA) is 46.6 Å². The van der Waals surface area contributed by atoms with Gasteiger partial charge in [0.15, 0.2) is 0 Å². The van der Waals surface area contributed by atoms with Crippen LogP contribution in [0.3, 0.4) is 0 Å². The van der Waals surface area contributed by atoms with Crippen LogP contribution < -0.4 is 4.31 Å². The van der Waals surface area contributed by atoms with Gasteiger partial charge in [-0.15, -0.1) is 0 Å². The quantitative estimate of drug-likeness (QED) is 0.849. The number of nitrogens with zero attached hydrogens (tertiary/aromatic N) is 1. The lowest BCUT2D eigenvalue weighted by Crippen LogP contribution is -2.35. The zero-order valence-electron chi connectivity index (χ0n) is 10.5. The maximum atomic E-state index is 13.6. The van der Waals surface area contributed by atoms with Crippen LogP contribution in [0.15, 0.2) is 18.2 Å². The minimum atomic E-state index is -3.43. The van der Waals surface area contributed by atoms with Gasteiger partial charge in [-0.3, -0.25) is 4.31 Å². The summed E-state index contributed by atoms with van der Waals surface area (Å²) in [5.41, 5.74) is 0.983. The average Bonchev–Trinajstić information content (AvgIpc) is 2.97. The second-order valence-corrected chi connectivity index (χ2v) is 6.91. The zero-order valence-corrected chi connectivity index (χ0v) is 11.3. The normalized spacial score (nSPS) is 22.8. The summed E-state index contributed by atoms with van der Waals surface area (Å²) < 4.78 is 45.1. The van der Waals surface area contributed by atoms with E-state index in [2.05, 4.69) is 0 Å². The predicted molar refractivity (Wildman–Crippen MR) is 70.2 cm³/mol. The number of halogens is 1. The van der Waals surface area contributed by atoms with Crippen LogP contribution in [0.25, 0.3) is 0 Å². The van der Waals surface area contributed by atoms with E-state index in [9.17, 15) is 12.8 Å². The van der Waals surface area contributed by atoms with Crippen LogP contribution in [0, 0.1) is 5.82 Å². The molecule has 0 aromatic heterocycles. The molecule has 0 N–H and O–H groups in total. The van der Waals surface area contributed by atoms with Gasteiger partial charge >= 0.3 is 0 Å². The molecule has 2 aliphatic heterocycles. The molecule has 0 amide bonds. The number of anilines is 1. The summed E-state index contributed by atoms with van der Waals surface area (Å²) in [4.78, 5) is 0. The molecular formula is C13H16FNO3S. The molecule has 1 fully saturated rings. The Labute approximate surface area is 112 Å². The van der Waals surface area contributed by atoms with E-state index in [4.69, 9.17) is 4.74 Å². The molecule has 0 saturated carbocycles. The van der Waals surface area contributed by atoms with E-state index in [0.717, 1.165) is 12.8 Å². The molecule has 1 aromatic carbocycles. The molecule has 1 atom stereocenters. The number of hydrogen-bond donors (Lipinski definition) is 0. The Morgan fingerprint density at radius 3 is 3.00 bits per heavy atom. The molecule has 0 bridgehead atoms. The number of hydrogen-bond acceptors (Lipinski definition) is 3. The molecule has 104 valence electrons. The van der Waals surface area contributed by atoms with Crippen molar-refractivity contribution in [2.45, 2.75) is 25.4 Å². The Kier molecular flexibility index (Phi) is 3.22. The minimum Gasteiger partial charge on any atom is -0.377 e. The number of fused-ring (bicyclic) bond motifs is 1. The molecule has 1 aromatic rings. The number of sulfonamides is 1. The molecule has 3 rings (SSSR count). The van der Waals surface area contributed by atoms with E-state index >= 15 is 0 Å². The molecule has 2 heterocycles. The van der Waals surface area contributed by atoms with Crippen LogP contribution in [-0.2, 0) is 21.2 Å². The largest absolute Gasteiger partial charge is 0.377 e.